The molecule has 0 spiro atoms. The maximum absolute atomic E-state index is 11.9. The predicted octanol–water partition coefficient (Wildman–Crippen LogP) is 3.42. The summed E-state index contributed by atoms with van der Waals surface area (Å²) in [5, 5.41) is 16.0. The summed E-state index contributed by atoms with van der Waals surface area (Å²) in [7, 11) is 0. The van der Waals surface area contributed by atoms with E-state index in [-0.39, 0.29) is 30.4 Å². The number of halogens is 1. The molecule has 0 heterocycles. The van der Waals surface area contributed by atoms with Gasteiger partial charge in [0.15, 0.2) is 0 Å². The van der Waals surface area contributed by atoms with Crippen LogP contribution in [0.5, 0.6) is 11.5 Å². The van der Waals surface area contributed by atoms with Crippen LogP contribution >= 0.6 is 15.9 Å². The molecule has 0 aliphatic carbocycles. The van der Waals surface area contributed by atoms with Crippen molar-refractivity contribution in [1.82, 2.24) is 5.43 Å². The smallest absolute Gasteiger partial charge is 0.240 e. The van der Waals surface area contributed by atoms with Gasteiger partial charge in [-0.25, -0.2) is 5.43 Å². The van der Waals surface area contributed by atoms with Crippen molar-refractivity contribution in [2.45, 2.75) is 19.8 Å². The van der Waals surface area contributed by atoms with Crippen molar-refractivity contribution in [3.63, 3.8) is 0 Å². The molecule has 2 amide bonds. The lowest BCUT2D eigenvalue weighted by molar-refractivity contribution is -0.124. The van der Waals surface area contributed by atoms with E-state index >= 15 is 0 Å². The molecule has 3 N–H and O–H groups in total. The highest BCUT2D eigenvalue weighted by Gasteiger charge is 2.07. The van der Waals surface area contributed by atoms with E-state index in [1.807, 2.05) is 6.92 Å². The molecule has 2 aromatic rings. The van der Waals surface area contributed by atoms with Crippen LogP contribution in [0.15, 0.2) is 52.0 Å². The summed E-state index contributed by atoms with van der Waals surface area (Å²) in [6.07, 6.45) is 1.50. The molecule has 2 aromatic carbocycles. The summed E-state index contributed by atoms with van der Waals surface area (Å²) in [6, 6.07) is 11.8. The largest absolute Gasteiger partial charge is 0.507 e. The fourth-order valence-electron chi connectivity index (χ4n) is 2.09. The SMILES string of the molecule is CCOc1ccc(NC(=O)CCC(=O)N/N=C/c2ccc(O)c(Br)c2)cc1. The van der Waals surface area contributed by atoms with Gasteiger partial charge in [0.2, 0.25) is 11.8 Å². The van der Waals surface area contributed by atoms with E-state index in [2.05, 4.69) is 31.8 Å². The average molecular weight is 434 g/mol. The number of carbonyl (C=O) groups excluding carboxylic acids is 2. The molecule has 0 aliphatic rings. The third-order valence-electron chi connectivity index (χ3n) is 3.40. The number of nitrogens with zero attached hydrogens (tertiary/aromatic N) is 1. The molecule has 7 nitrogen and oxygen atoms in total. The number of amides is 2. The second kappa shape index (κ2) is 10.3. The van der Waals surface area contributed by atoms with Gasteiger partial charge in [0.1, 0.15) is 11.5 Å². The Morgan fingerprint density at radius 2 is 1.85 bits per heavy atom. The van der Waals surface area contributed by atoms with Gasteiger partial charge in [-0.15, -0.1) is 0 Å². The third-order valence-corrected chi connectivity index (χ3v) is 4.04. The Morgan fingerprint density at radius 1 is 1.15 bits per heavy atom. The number of carbonyl (C=O) groups is 2. The van der Waals surface area contributed by atoms with Gasteiger partial charge in [-0.05, 0) is 70.9 Å². The topological polar surface area (TPSA) is 100 Å². The van der Waals surface area contributed by atoms with Crippen LogP contribution in [0.25, 0.3) is 0 Å². The molecule has 8 heteroatoms. The fraction of sp³-hybridized carbons (Fsp3) is 0.211. The van der Waals surface area contributed by atoms with Gasteiger partial charge in [-0.3, -0.25) is 9.59 Å². The standard InChI is InChI=1S/C19H20BrN3O4/c1-2-27-15-6-4-14(5-7-15)22-18(25)9-10-19(26)23-21-12-13-3-8-17(24)16(20)11-13/h3-8,11-12,24H,2,9-10H2,1H3,(H,22,25)(H,23,26)/b21-12+. The third kappa shape index (κ3) is 7.10. The number of hydrogen-bond donors (Lipinski definition) is 3. The number of rotatable bonds is 8. The number of ether oxygens (including phenoxy) is 1. The number of hydrazone groups is 1. The maximum atomic E-state index is 11.9. The van der Waals surface area contributed by atoms with Crippen LogP contribution in [0.3, 0.4) is 0 Å². The van der Waals surface area contributed by atoms with Crippen LogP contribution in [0.2, 0.25) is 0 Å². The first-order valence-electron chi connectivity index (χ1n) is 8.31. The second-order valence-electron chi connectivity index (χ2n) is 5.51. The Labute approximate surface area is 165 Å². The number of hydrogen-bond acceptors (Lipinski definition) is 5. The van der Waals surface area contributed by atoms with Crippen molar-refractivity contribution in [1.29, 1.82) is 0 Å². The normalized spacial score (nSPS) is 10.6. The summed E-state index contributed by atoms with van der Waals surface area (Å²) >= 11 is 3.20. The zero-order valence-corrected chi connectivity index (χ0v) is 16.3. The second-order valence-corrected chi connectivity index (χ2v) is 6.36. The van der Waals surface area contributed by atoms with Crippen LogP contribution in [-0.4, -0.2) is 29.7 Å². The minimum absolute atomic E-state index is 0.0134. The maximum Gasteiger partial charge on any atom is 0.240 e. The van der Waals surface area contributed by atoms with Gasteiger partial charge in [0, 0.05) is 18.5 Å². The molecule has 0 saturated carbocycles. The first kappa shape index (κ1) is 20.4. The van der Waals surface area contributed by atoms with Crippen molar-refractivity contribution >= 4 is 39.6 Å². The molecule has 142 valence electrons. The quantitative estimate of drug-likeness (QED) is 0.438. The van der Waals surface area contributed by atoms with Gasteiger partial charge in [0.05, 0.1) is 17.3 Å². The highest BCUT2D eigenvalue weighted by Crippen LogP contribution is 2.23. The molecule has 0 aromatic heterocycles. The summed E-state index contributed by atoms with van der Waals surface area (Å²) in [4.78, 5) is 23.7. The molecule has 0 radical (unpaired) electrons. The van der Waals surface area contributed by atoms with Gasteiger partial charge in [-0.1, -0.05) is 0 Å². The van der Waals surface area contributed by atoms with E-state index in [4.69, 9.17) is 4.74 Å². The van der Waals surface area contributed by atoms with Gasteiger partial charge < -0.3 is 15.2 Å². The van der Waals surface area contributed by atoms with E-state index in [1.165, 1.54) is 12.3 Å². The zero-order valence-electron chi connectivity index (χ0n) is 14.7. The molecule has 0 bridgehead atoms. The van der Waals surface area contributed by atoms with E-state index in [0.29, 0.717) is 22.3 Å². The predicted molar refractivity (Wildman–Crippen MR) is 107 cm³/mol. The van der Waals surface area contributed by atoms with Gasteiger partial charge in [-0.2, -0.15) is 5.10 Å². The van der Waals surface area contributed by atoms with Gasteiger partial charge in [0.25, 0.3) is 0 Å². The molecule has 27 heavy (non-hydrogen) atoms. The van der Waals surface area contributed by atoms with E-state index in [0.717, 1.165) is 5.75 Å². The number of aromatic hydroxyl groups is 1. The molecule has 0 atom stereocenters. The number of nitrogens with one attached hydrogen (secondary N) is 2. The highest BCUT2D eigenvalue weighted by atomic mass is 79.9. The summed E-state index contributed by atoms with van der Waals surface area (Å²) in [5.41, 5.74) is 3.70. The summed E-state index contributed by atoms with van der Waals surface area (Å²) in [6.45, 7) is 2.47. The van der Waals surface area contributed by atoms with Crippen LogP contribution in [0, 0.1) is 0 Å². The Kier molecular flexibility index (Phi) is 7.81. The van der Waals surface area contributed by atoms with E-state index in [1.54, 1.807) is 36.4 Å². The zero-order chi connectivity index (χ0) is 19.6. The van der Waals surface area contributed by atoms with E-state index < -0.39 is 0 Å². The Balaban J connectivity index is 1.73. The molecule has 0 saturated heterocycles. The number of phenols is 1. The lowest BCUT2D eigenvalue weighted by Gasteiger charge is -2.07. The molecule has 0 fully saturated rings. The lowest BCUT2D eigenvalue weighted by atomic mass is 10.2. The summed E-state index contributed by atoms with van der Waals surface area (Å²) < 4.78 is 5.86. The van der Waals surface area contributed by atoms with Crippen molar-refractivity contribution in [3.05, 3.63) is 52.5 Å². The Hall–Kier alpha value is -2.87. The van der Waals surface area contributed by atoms with Gasteiger partial charge >= 0.3 is 0 Å². The molecule has 0 unspecified atom stereocenters. The van der Waals surface area contributed by atoms with Crippen molar-refractivity contribution in [2.24, 2.45) is 5.10 Å². The molecular formula is C19H20BrN3O4. The summed E-state index contributed by atoms with van der Waals surface area (Å²) in [5.74, 6) is 0.217. The minimum atomic E-state index is -0.370. The van der Waals surface area contributed by atoms with Crippen molar-refractivity contribution in [3.8, 4) is 11.5 Å². The number of phenolic OH excluding ortho intramolecular Hbond substituents is 1. The Bertz CT molecular complexity index is 822. The van der Waals surface area contributed by atoms with E-state index in [9.17, 15) is 14.7 Å². The van der Waals surface area contributed by atoms with Crippen LogP contribution < -0.4 is 15.5 Å². The van der Waals surface area contributed by atoms with Crippen LogP contribution in [0.1, 0.15) is 25.3 Å². The molecule has 2 rings (SSSR count). The first-order chi connectivity index (χ1) is 13.0. The average Bonchev–Trinajstić information content (AvgIpc) is 2.65. The number of anilines is 1. The van der Waals surface area contributed by atoms with Crippen LogP contribution in [-0.2, 0) is 9.59 Å². The first-order valence-corrected chi connectivity index (χ1v) is 9.10. The van der Waals surface area contributed by atoms with Crippen molar-refractivity contribution < 1.29 is 19.4 Å². The minimum Gasteiger partial charge on any atom is -0.507 e. The highest BCUT2D eigenvalue weighted by molar-refractivity contribution is 9.10. The monoisotopic (exact) mass is 433 g/mol. The molecule has 0 aliphatic heterocycles. The van der Waals surface area contributed by atoms with Crippen LogP contribution in [0.4, 0.5) is 5.69 Å². The lowest BCUT2D eigenvalue weighted by Crippen LogP contribution is -2.20. The Morgan fingerprint density at radius 3 is 2.52 bits per heavy atom. The molecular weight excluding hydrogens is 414 g/mol. The van der Waals surface area contributed by atoms with Crippen molar-refractivity contribution in [2.75, 3.05) is 11.9 Å². The number of benzene rings is 2. The fourth-order valence-corrected chi connectivity index (χ4v) is 2.49.